The number of halogens is 1. The lowest BCUT2D eigenvalue weighted by Gasteiger charge is -2.22. The molecule has 0 bridgehead atoms. The number of aromatic amines is 1. The average Bonchev–Trinajstić information content (AvgIpc) is 2.63. The second kappa shape index (κ2) is 9.75. The predicted molar refractivity (Wildman–Crippen MR) is 115 cm³/mol. The second-order valence-electron chi connectivity index (χ2n) is 7.42. The third-order valence-corrected chi connectivity index (χ3v) is 4.51. The monoisotopic (exact) mass is 437 g/mol. The van der Waals surface area contributed by atoms with Gasteiger partial charge in [-0.2, -0.15) is 11.8 Å². The van der Waals surface area contributed by atoms with Gasteiger partial charge in [-0.05, 0) is 63.5 Å². The zero-order chi connectivity index (χ0) is 22.5. The SMILES string of the molecule is CSCC[C@H](N=Cc1c(O)n(-c2ccc(F)cc2)c(=O)[nH]c1=O)C(=O)OC(C)(C)C. The number of rotatable bonds is 7. The van der Waals surface area contributed by atoms with Crippen molar-refractivity contribution in [2.75, 3.05) is 12.0 Å². The fraction of sp³-hybridized carbons (Fsp3) is 0.400. The summed E-state index contributed by atoms with van der Waals surface area (Å²) in [7, 11) is 0. The van der Waals surface area contributed by atoms with Crippen LogP contribution in [-0.2, 0) is 9.53 Å². The van der Waals surface area contributed by atoms with Gasteiger partial charge in [-0.25, -0.2) is 18.5 Å². The Morgan fingerprint density at radius 2 is 1.97 bits per heavy atom. The molecule has 0 aliphatic carbocycles. The number of hydrogen-bond donors (Lipinski definition) is 2. The molecule has 0 amide bonds. The van der Waals surface area contributed by atoms with E-state index in [1.807, 2.05) is 6.26 Å². The third-order valence-electron chi connectivity index (χ3n) is 3.86. The Labute approximate surface area is 176 Å². The first-order chi connectivity index (χ1) is 14.0. The minimum absolute atomic E-state index is 0.149. The van der Waals surface area contributed by atoms with Gasteiger partial charge in [0.1, 0.15) is 23.0 Å². The van der Waals surface area contributed by atoms with Crippen LogP contribution in [0.2, 0.25) is 0 Å². The highest BCUT2D eigenvalue weighted by Gasteiger charge is 2.24. The van der Waals surface area contributed by atoms with Crippen LogP contribution >= 0.6 is 11.8 Å². The molecule has 1 aromatic carbocycles. The van der Waals surface area contributed by atoms with Crippen molar-refractivity contribution in [2.45, 2.75) is 38.8 Å². The molecule has 1 atom stereocenters. The molecule has 0 radical (unpaired) electrons. The topological polar surface area (TPSA) is 114 Å². The molecule has 30 heavy (non-hydrogen) atoms. The van der Waals surface area contributed by atoms with Gasteiger partial charge in [-0.3, -0.25) is 14.8 Å². The van der Waals surface area contributed by atoms with E-state index < -0.39 is 40.6 Å². The number of nitrogens with zero attached hydrogens (tertiary/aromatic N) is 2. The maximum absolute atomic E-state index is 13.2. The van der Waals surface area contributed by atoms with Gasteiger partial charge >= 0.3 is 11.7 Å². The van der Waals surface area contributed by atoms with Crippen LogP contribution in [-0.4, -0.2) is 50.5 Å². The Bertz CT molecular complexity index is 1040. The van der Waals surface area contributed by atoms with Crippen LogP contribution in [0, 0.1) is 5.82 Å². The van der Waals surface area contributed by atoms with Crippen molar-refractivity contribution in [1.29, 1.82) is 0 Å². The smallest absolute Gasteiger partial charge is 0.335 e. The van der Waals surface area contributed by atoms with Crippen LogP contribution in [0.5, 0.6) is 5.88 Å². The number of aliphatic imine (C=N–C) groups is 1. The van der Waals surface area contributed by atoms with E-state index >= 15 is 0 Å². The minimum Gasteiger partial charge on any atom is -0.493 e. The van der Waals surface area contributed by atoms with E-state index in [9.17, 15) is 23.9 Å². The zero-order valence-electron chi connectivity index (χ0n) is 17.1. The van der Waals surface area contributed by atoms with Gasteiger partial charge in [0.25, 0.3) is 5.56 Å². The van der Waals surface area contributed by atoms with Gasteiger partial charge in [0.15, 0.2) is 0 Å². The van der Waals surface area contributed by atoms with E-state index in [-0.39, 0.29) is 11.3 Å². The number of hydrogen-bond acceptors (Lipinski definition) is 7. The molecule has 0 saturated carbocycles. The molecule has 0 aliphatic rings. The molecule has 0 unspecified atom stereocenters. The molecular formula is C20H24FN3O5S. The molecule has 2 N–H and O–H groups in total. The molecule has 0 saturated heterocycles. The minimum atomic E-state index is -0.896. The average molecular weight is 437 g/mol. The summed E-state index contributed by atoms with van der Waals surface area (Å²) in [6.45, 7) is 5.19. The van der Waals surface area contributed by atoms with Gasteiger partial charge < -0.3 is 9.84 Å². The first-order valence-electron chi connectivity index (χ1n) is 9.12. The molecule has 8 nitrogen and oxygen atoms in total. The molecule has 10 heteroatoms. The van der Waals surface area contributed by atoms with Crippen molar-refractivity contribution in [3.05, 3.63) is 56.5 Å². The second-order valence-corrected chi connectivity index (χ2v) is 8.40. The highest BCUT2D eigenvalue weighted by atomic mass is 32.2. The number of ether oxygens (including phenoxy) is 1. The number of carbonyl (C=O) groups excluding carboxylic acids is 1. The lowest BCUT2D eigenvalue weighted by Crippen LogP contribution is -2.33. The fourth-order valence-electron chi connectivity index (χ4n) is 2.50. The summed E-state index contributed by atoms with van der Waals surface area (Å²) in [4.78, 5) is 43.1. The highest BCUT2D eigenvalue weighted by molar-refractivity contribution is 7.98. The molecule has 162 valence electrons. The lowest BCUT2D eigenvalue weighted by atomic mass is 10.1. The summed E-state index contributed by atoms with van der Waals surface area (Å²) < 4.78 is 19.4. The maximum atomic E-state index is 13.2. The van der Waals surface area contributed by atoms with Crippen molar-refractivity contribution in [3.8, 4) is 11.6 Å². The molecule has 0 aliphatic heterocycles. The van der Waals surface area contributed by atoms with Crippen molar-refractivity contribution in [1.82, 2.24) is 9.55 Å². The number of thioether (sulfide) groups is 1. The number of benzene rings is 1. The lowest BCUT2D eigenvalue weighted by molar-refractivity contribution is -0.156. The summed E-state index contributed by atoms with van der Waals surface area (Å²) in [5.41, 5.74) is -2.63. The van der Waals surface area contributed by atoms with E-state index in [2.05, 4.69) is 9.98 Å². The van der Waals surface area contributed by atoms with Gasteiger partial charge in [0.05, 0.1) is 5.69 Å². The Balaban J connectivity index is 2.46. The summed E-state index contributed by atoms with van der Waals surface area (Å²) in [5, 5.41) is 10.5. The van der Waals surface area contributed by atoms with Crippen LogP contribution < -0.4 is 11.2 Å². The Morgan fingerprint density at radius 3 is 2.53 bits per heavy atom. The van der Waals surface area contributed by atoms with Crippen LogP contribution in [0.15, 0.2) is 38.8 Å². The standard InChI is InChI=1S/C20H24FN3O5S/c1-20(2,3)29-18(27)15(9-10-30-4)22-11-14-16(25)23-19(28)24(17(14)26)13-7-5-12(21)6-8-13/h5-8,11,15,26H,9-10H2,1-4H3,(H,23,25,28)/t15-/m0/s1. The Morgan fingerprint density at radius 1 is 1.33 bits per heavy atom. The van der Waals surface area contributed by atoms with Gasteiger partial charge in [0, 0.05) is 6.21 Å². The van der Waals surface area contributed by atoms with Gasteiger partial charge in [-0.1, -0.05) is 0 Å². The van der Waals surface area contributed by atoms with Crippen LogP contribution in [0.1, 0.15) is 32.8 Å². The summed E-state index contributed by atoms with van der Waals surface area (Å²) in [6, 6.07) is 3.89. The first kappa shape index (κ1) is 23.4. The number of aromatic hydroxyl groups is 1. The summed E-state index contributed by atoms with van der Waals surface area (Å²) in [5.74, 6) is -1.13. The zero-order valence-corrected chi connectivity index (χ0v) is 18.0. The van der Waals surface area contributed by atoms with Crippen LogP contribution in [0.25, 0.3) is 5.69 Å². The van der Waals surface area contributed by atoms with E-state index in [1.54, 1.807) is 20.8 Å². The Hall–Kier alpha value is -2.88. The number of carbonyl (C=O) groups is 1. The maximum Gasteiger partial charge on any atom is 0.335 e. The molecule has 2 aromatic rings. The third kappa shape index (κ3) is 6.06. The fourth-order valence-corrected chi connectivity index (χ4v) is 2.96. The van der Waals surface area contributed by atoms with Gasteiger partial charge in [-0.15, -0.1) is 0 Å². The summed E-state index contributed by atoms with van der Waals surface area (Å²) >= 11 is 1.52. The van der Waals surface area contributed by atoms with Crippen LogP contribution in [0.3, 0.4) is 0 Å². The van der Waals surface area contributed by atoms with E-state index in [1.165, 1.54) is 23.9 Å². The number of nitrogens with one attached hydrogen (secondary N) is 1. The number of esters is 1. The van der Waals surface area contributed by atoms with Crippen molar-refractivity contribution < 1.29 is 19.0 Å². The van der Waals surface area contributed by atoms with Crippen LogP contribution in [0.4, 0.5) is 4.39 Å². The molecule has 1 aromatic heterocycles. The van der Waals surface area contributed by atoms with E-state index in [0.29, 0.717) is 12.2 Å². The number of aromatic nitrogens is 2. The number of H-pyrrole nitrogens is 1. The highest BCUT2D eigenvalue weighted by Crippen LogP contribution is 2.17. The van der Waals surface area contributed by atoms with E-state index in [0.717, 1.165) is 22.9 Å². The first-order valence-corrected chi connectivity index (χ1v) is 10.5. The molecule has 0 spiro atoms. The Kier molecular flexibility index (Phi) is 7.60. The molecular weight excluding hydrogens is 413 g/mol. The van der Waals surface area contributed by atoms with Crippen molar-refractivity contribution >= 4 is 23.9 Å². The molecule has 1 heterocycles. The van der Waals surface area contributed by atoms with Gasteiger partial charge in [0.2, 0.25) is 5.88 Å². The predicted octanol–water partition coefficient (Wildman–Crippen LogP) is 2.25. The normalized spacial score (nSPS) is 12.8. The van der Waals surface area contributed by atoms with Crippen molar-refractivity contribution in [2.24, 2.45) is 4.99 Å². The largest absolute Gasteiger partial charge is 0.493 e. The van der Waals surface area contributed by atoms with Crippen molar-refractivity contribution in [3.63, 3.8) is 0 Å². The quantitative estimate of drug-likeness (QED) is 0.507. The van der Waals surface area contributed by atoms with E-state index in [4.69, 9.17) is 4.74 Å². The summed E-state index contributed by atoms with van der Waals surface area (Å²) in [6.07, 6.45) is 3.29. The molecule has 2 rings (SSSR count). The molecule has 0 fully saturated rings.